The first-order valence-electron chi connectivity index (χ1n) is 21.7. The molecule has 296 valence electrons. The Morgan fingerprint density at radius 2 is 0.873 bits per heavy atom. The van der Waals surface area contributed by atoms with Crippen LogP contribution in [0.3, 0.4) is 0 Å². The maximum absolute atomic E-state index is 5.39. The second-order valence-corrected chi connectivity index (χ2v) is 17.2. The van der Waals surface area contributed by atoms with Crippen molar-refractivity contribution in [3.8, 4) is 78.5 Å². The van der Waals surface area contributed by atoms with E-state index in [0.29, 0.717) is 5.82 Å². The second-order valence-electron chi connectivity index (χ2n) is 17.2. The van der Waals surface area contributed by atoms with Crippen molar-refractivity contribution < 1.29 is 0 Å². The zero-order valence-electron chi connectivity index (χ0n) is 35.0. The van der Waals surface area contributed by atoms with Crippen molar-refractivity contribution in [3.63, 3.8) is 0 Å². The lowest BCUT2D eigenvalue weighted by Gasteiger charge is -2.25. The molecule has 2 heterocycles. The van der Waals surface area contributed by atoms with E-state index in [1.165, 1.54) is 71.6 Å². The number of pyridine rings is 1. The Hall–Kier alpha value is -8.01. The summed E-state index contributed by atoms with van der Waals surface area (Å²) >= 11 is 0. The summed E-state index contributed by atoms with van der Waals surface area (Å²) in [6.07, 6.45) is 0. The van der Waals surface area contributed by atoms with Crippen LogP contribution >= 0.6 is 0 Å². The number of rotatable bonds is 6. The summed E-state index contributed by atoms with van der Waals surface area (Å²) < 4.78 is 0. The topological polar surface area (TPSA) is 38.7 Å². The van der Waals surface area contributed by atoms with Gasteiger partial charge in [-0.1, -0.05) is 202 Å². The monoisotopic (exact) mass is 803 g/mol. The molecule has 0 unspecified atom stereocenters. The molecule has 63 heavy (non-hydrogen) atoms. The van der Waals surface area contributed by atoms with Crippen LogP contribution in [0.15, 0.2) is 212 Å². The largest absolute Gasteiger partial charge is 0.247 e. The van der Waals surface area contributed by atoms with Crippen LogP contribution in [0.4, 0.5) is 0 Å². The molecule has 0 fully saturated rings. The van der Waals surface area contributed by atoms with Crippen molar-refractivity contribution in [2.45, 2.75) is 19.3 Å². The van der Waals surface area contributed by atoms with Crippen LogP contribution in [0.5, 0.6) is 0 Å². The fraction of sp³-hybridized carbons (Fsp3) is 0.0500. The number of hydrogen-bond acceptors (Lipinski definition) is 3. The van der Waals surface area contributed by atoms with Crippen LogP contribution in [-0.4, -0.2) is 15.0 Å². The Balaban J connectivity index is 0.915. The van der Waals surface area contributed by atoms with Crippen molar-refractivity contribution in [1.29, 1.82) is 0 Å². The summed E-state index contributed by atoms with van der Waals surface area (Å²) in [5, 5.41) is 5.98. The van der Waals surface area contributed by atoms with Crippen molar-refractivity contribution >= 4 is 32.4 Å². The van der Waals surface area contributed by atoms with Gasteiger partial charge in [-0.25, -0.2) is 15.0 Å². The van der Waals surface area contributed by atoms with Gasteiger partial charge in [0.1, 0.15) is 0 Å². The number of benzene rings is 9. The molecule has 0 saturated heterocycles. The highest BCUT2D eigenvalue weighted by atomic mass is 14.9. The Labute approximate surface area is 367 Å². The van der Waals surface area contributed by atoms with Crippen LogP contribution in [0, 0.1) is 0 Å². The number of fused-ring (bicyclic) bond motifs is 7. The summed E-state index contributed by atoms with van der Waals surface area (Å²) in [5.41, 5.74) is 17.8. The summed E-state index contributed by atoms with van der Waals surface area (Å²) in [5.74, 6) is 0.703. The van der Waals surface area contributed by atoms with Crippen molar-refractivity contribution in [2.75, 3.05) is 0 Å². The van der Waals surface area contributed by atoms with Crippen molar-refractivity contribution in [2.24, 2.45) is 0 Å². The summed E-state index contributed by atoms with van der Waals surface area (Å²) in [4.78, 5) is 15.7. The third-order valence-electron chi connectivity index (χ3n) is 13.0. The molecule has 3 heteroatoms. The molecule has 0 saturated carbocycles. The number of aromatic nitrogens is 3. The molecule has 0 amide bonds. The third kappa shape index (κ3) is 6.23. The first-order chi connectivity index (χ1) is 31.0. The van der Waals surface area contributed by atoms with E-state index in [0.717, 1.165) is 44.7 Å². The Bertz CT molecular complexity index is 3550. The molecule has 0 atom stereocenters. The van der Waals surface area contributed by atoms with Gasteiger partial charge < -0.3 is 0 Å². The van der Waals surface area contributed by atoms with Crippen LogP contribution < -0.4 is 0 Å². The Morgan fingerprint density at radius 1 is 0.365 bits per heavy atom. The molecule has 0 aliphatic heterocycles. The van der Waals surface area contributed by atoms with Gasteiger partial charge in [0, 0.05) is 33.1 Å². The quantitative estimate of drug-likeness (QED) is 0.157. The molecule has 1 aliphatic carbocycles. The van der Waals surface area contributed by atoms with Gasteiger partial charge in [-0.15, -0.1) is 0 Å². The molecule has 0 bridgehead atoms. The highest BCUT2D eigenvalue weighted by Crippen LogP contribution is 2.54. The van der Waals surface area contributed by atoms with Crippen LogP contribution in [0.1, 0.15) is 25.0 Å². The molecule has 0 spiro atoms. The summed E-state index contributed by atoms with van der Waals surface area (Å²) in [6, 6.07) is 76.0. The molecule has 0 radical (unpaired) electrons. The zero-order chi connectivity index (χ0) is 42.1. The van der Waals surface area contributed by atoms with E-state index in [2.05, 4.69) is 214 Å². The maximum Gasteiger partial charge on any atom is 0.160 e. The van der Waals surface area contributed by atoms with E-state index in [1.807, 2.05) is 12.1 Å². The van der Waals surface area contributed by atoms with E-state index in [4.69, 9.17) is 15.0 Å². The number of nitrogens with zero attached hydrogens (tertiary/aromatic N) is 3. The molecule has 2 aromatic heterocycles. The average Bonchev–Trinajstić information content (AvgIpc) is 3.58. The van der Waals surface area contributed by atoms with Gasteiger partial charge in [-0.2, -0.15) is 0 Å². The molecule has 12 rings (SSSR count). The lowest BCUT2D eigenvalue weighted by molar-refractivity contribution is 0.662. The van der Waals surface area contributed by atoms with E-state index < -0.39 is 0 Å². The molecule has 9 aromatic carbocycles. The molecular formula is C60H41N3. The molecule has 11 aromatic rings. The van der Waals surface area contributed by atoms with Crippen LogP contribution in [-0.2, 0) is 5.41 Å². The van der Waals surface area contributed by atoms with E-state index >= 15 is 0 Å². The SMILES string of the molecule is CC1(C)c2ccccc2-c2nc3ccc4ccccc4c3c(-c3ccc(-c4ccc5cc(-c6nc(-c7ccccc7)cc(-c7ccc(-c8ccccc8)cc7)n6)ccc5c4)cc3)c21. The first-order valence-corrected chi connectivity index (χ1v) is 21.7. The van der Waals surface area contributed by atoms with Crippen LogP contribution in [0.25, 0.3) is 111 Å². The molecule has 1 aliphatic rings. The van der Waals surface area contributed by atoms with Gasteiger partial charge in [0.2, 0.25) is 0 Å². The lowest BCUT2D eigenvalue weighted by Crippen LogP contribution is -2.16. The fourth-order valence-corrected chi connectivity index (χ4v) is 9.84. The first kappa shape index (κ1) is 36.8. The standard InChI is InChI=1S/C60H41N3/c1-60(2)51-20-12-11-19-50(51)58-57(60)55(56-49-18-10-9-15-41(49)33-34-52(56)61-58)44-27-23-40(24-28-44)45-29-30-47-36-48(32-31-46(47)35-45)59-62-53(42-16-7-4-8-17-42)37-54(63-59)43-25-21-39(22-26-43)38-13-5-3-6-14-38/h3-37H,1-2H3. The highest BCUT2D eigenvalue weighted by molar-refractivity contribution is 6.16. The fourth-order valence-electron chi connectivity index (χ4n) is 9.84. The summed E-state index contributed by atoms with van der Waals surface area (Å²) in [6.45, 7) is 4.70. The van der Waals surface area contributed by atoms with Gasteiger partial charge >= 0.3 is 0 Å². The predicted octanol–water partition coefficient (Wildman–Crippen LogP) is 15.6. The van der Waals surface area contributed by atoms with Crippen LogP contribution in [0.2, 0.25) is 0 Å². The van der Waals surface area contributed by atoms with Gasteiger partial charge in [-0.3, -0.25) is 0 Å². The average molecular weight is 804 g/mol. The summed E-state index contributed by atoms with van der Waals surface area (Å²) in [7, 11) is 0. The normalized spacial score (nSPS) is 12.7. The van der Waals surface area contributed by atoms with Gasteiger partial charge in [0.25, 0.3) is 0 Å². The smallest absolute Gasteiger partial charge is 0.160 e. The maximum atomic E-state index is 5.39. The Morgan fingerprint density at radius 3 is 1.60 bits per heavy atom. The van der Waals surface area contributed by atoms with Crippen molar-refractivity contribution in [3.05, 3.63) is 223 Å². The Kier molecular flexibility index (Phi) is 8.52. The second kappa shape index (κ2) is 14.6. The van der Waals surface area contributed by atoms with E-state index in [-0.39, 0.29) is 5.41 Å². The minimum Gasteiger partial charge on any atom is -0.247 e. The minimum absolute atomic E-state index is 0.209. The van der Waals surface area contributed by atoms with Gasteiger partial charge in [-0.05, 0) is 90.3 Å². The predicted molar refractivity (Wildman–Crippen MR) is 263 cm³/mol. The third-order valence-corrected chi connectivity index (χ3v) is 13.0. The lowest BCUT2D eigenvalue weighted by atomic mass is 9.78. The molecule has 0 N–H and O–H groups in total. The molecular weight excluding hydrogens is 763 g/mol. The van der Waals surface area contributed by atoms with Gasteiger partial charge in [0.05, 0.1) is 22.6 Å². The van der Waals surface area contributed by atoms with E-state index in [1.54, 1.807) is 0 Å². The minimum atomic E-state index is -0.209. The zero-order valence-corrected chi connectivity index (χ0v) is 35.0. The van der Waals surface area contributed by atoms with Crippen molar-refractivity contribution in [1.82, 2.24) is 15.0 Å². The molecule has 3 nitrogen and oxygen atoms in total. The van der Waals surface area contributed by atoms with E-state index in [9.17, 15) is 0 Å². The number of hydrogen-bond donors (Lipinski definition) is 0. The van der Waals surface area contributed by atoms with Gasteiger partial charge in [0.15, 0.2) is 5.82 Å². The highest BCUT2D eigenvalue weighted by Gasteiger charge is 2.39.